The topological polar surface area (TPSA) is 56.1 Å². The SMILES string of the molecule is CC(C)N(C)CCNC(=O)c1cccc(C#N)c1. The van der Waals surface area contributed by atoms with Gasteiger partial charge in [-0.25, -0.2) is 0 Å². The van der Waals surface area contributed by atoms with Crippen LogP contribution in [0.4, 0.5) is 0 Å². The van der Waals surface area contributed by atoms with E-state index in [1.54, 1.807) is 24.3 Å². The van der Waals surface area contributed by atoms with Gasteiger partial charge < -0.3 is 10.2 Å². The molecule has 0 fully saturated rings. The first-order chi connectivity index (χ1) is 8.54. The summed E-state index contributed by atoms with van der Waals surface area (Å²) in [6, 6.07) is 9.19. The predicted octanol–water partition coefficient (Wildman–Crippen LogP) is 1.63. The van der Waals surface area contributed by atoms with Gasteiger partial charge in [-0.1, -0.05) is 6.07 Å². The van der Waals surface area contributed by atoms with Crippen LogP contribution in [0.1, 0.15) is 29.8 Å². The lowest BCUT2D eigenvalue weighted by Gasteiger charge is -2.20. The zero-order chi connectivity index (χ0) is 13.5. The smallest absolute Gasteiger partial charge is 0.251 e. The van der Waals surface area contributed by atoms with Crippen LogP contribution in [0.15, 0.2) is 24.3 Å². The molecule has 1 rings (SSSR count). The first-order valence-electron chi connectivity index (χ1n) is 6.03. The van der Waals surface area contributed by atoms with Gasteiger partial charge in [-0.15, -0.1) is 0 Å². The molecule has 0 unspecified atom stereocenters. The normalized spacial score (nSPS) is 10.4. The van der Waals surface area contributed by atoms with Crippen LogP contribution < -0.4 is 5.32 Å². The third-order valence-corrected chi connectivity index (χ3v) is 2.89. The maximum atomic E-state index is 11.8. The molecule has 0 bridgehead atoms. The molecule has 1 aromatic rings. The molecular weight excluding hydrogens is 226 g/mol. The Morgan fingerprint density at radius 3 is 2.83 bits per heavy atom. The average molecular weight is 245 g/mol. The van der Waals surface area contributed by atoms with Gasteiger partial charge in [0.05, 0.1) is 11.6 Å². The van der Waals surface area contributed by atoms with E-state index in [1.165, 1.54) is 0 Å². The number of nitrogens with zero attached hydrogens (tertiary/aromatic N) is 2. The molecule has 0 saturated heterocycles. The Hall–Kier alpha value is -1.86. The quantitative estimate of drug-likeness (QED) is 0.857. The minimum absolute atomic E-state index is 0.135. The van der Waals surface area contributed by atoms with Crippen molar-refractivity contribution in [3.05, 3.63) is 35.4 Å². The summed E-state index contributed by atoms with van der Waals surface area (Å²) < 4.78 is 0. The van der Waals surface area contributed by atoms with E-state index in [-0.39, 0.29) is 5.91 Å². The Labute approximate surface area is 108 Å². The lowest BCUT2D eigenvalue weighted by molar-refractivity contribution is 0.0948. The van der Waals surface area contributed by atoms with Crippen molar-refractivity contribution in [2.45, 2.75) is 19.9 Å². The first kappa shape index (κ1) is 14.2. The van der Waals surface area contributed by atoms with Crippen LogP contribution in [-0.4, -0.2) is 37.0 Å². The Kier molecular flexibility index (Phi) is 5.34. The molecule has 1 amide bonds. The molecule has 1 N–H and O–H groups in total. The number of hydrogen-bond donors (Lipinski definition) is 1. The summed E-state index contributed by atoms with van der Waals surface area (Å²) in [5.41, 5.74) is 1.03. The van der Waals surface area contributed by atoms with Gasteiger partial charge in [0.1, 0.15) is 0 Å². The number of benzene rings is 1. The highest BCUT2D eigenvalue weighted by atomic mass is 16.1. The highest BCUT2D eigenvalue weighted by molar-refractivity contribution is 5.94. The van der Waals surface area contributed by atoms with E-state index >= 15 is 0 Å². The molecular formula is C14H19N3O. The maximum absolute atomic E-state index is 11.8. The third-order valence-electron chi connectivity index (χ3n) is 2.89. The lowest BCUT2D eigenvalue weighted by Crippen LogP contribution is -2.36. The molecule has 0 atom stereocenters. The van der Waals surface area contributed by atoms with Crippen molar-refractivity contribution < 1.29 is 4.79 Å². The second-order valence-electron chi connectivity index (χ2n) is 4.52. The molecule has 96 valence electrons. The summed E-state index contributed by atoms with van der Waals surface area (Å²) in [5, 5.41) is 11.6. The van der Waals surface area contributed by atoms with Crippen LogP contribution in [0.2, 0.25) is 0 Å². The first-order valence-corrected chi connectivity index (χ1v) is 6.03. The van der Waals surface area contributed by atoms with E-state index < -0.39 is 0 Å². The lowest BCUT2D eigenvalue weighted by atomic mass is 10.1. The summed E-state index contributed by atoms with van der Waals surface area (Å²) in [4.78, 5) is 14.0. The number of nitrogens with one attached hydrogen (secondary N) is 1. The second kappa shape index (κ2) is 6.77. The minimum atomic E-state index is -0.135. The second-order valence-corrected chi connectivity index (χ2v) is 4.52. The molecule has 0 heterocycles. The largest absolute Gasteiger partial charge is 0.351 e. The minimum Gasteiger partial charge on any atom is -0.351 e. The fourth-order valence-corrected chi connectivity index (χ4v) is 1.44. The molecule has 0 aliphatic rings. The van der Waals surface area contributed by atoms with Gasteiger partial charge >= 0.3 is 0 Å². The summed E-state index contributed by atoms with van der Waals surface area (Å²) in [7, 11) is 2.02. The van der Waals surface area contributed by atoms with Crippen LogP contribution in [0.5, 0.6) is 0 Å². The molecule has 0 aliphatic carbocycles. The standard InChI is InChI=1S/C14H19N3O/c1-11(2)17(3)8-7-16-14(18)13-6-4-5-12(9-13)10-15/h4-6,9,11H,7-8H2,1-3H3,(H,16,18). The van der Waals surface area contributed by atoms with Gasteiger partial charge in [-0.2, -0.15) is 5.26 Å². The van der Waals surface area contributed by atoms with Crippen LogP contribution in [-0.2, 0) is 0 Å². The molecule has 4 heteroatoms. The van der Waals surface area contributed by atoms with E-state index in [4.69, 9.17) is 5.26 Å². The Bertz CT molecular complexity index is 449. The van der Waals surface area contributed by atoms with E-state index in [2.05, 4.69) is 24.1 Å². The number of amides is 1. The number of carbonyl (C=O) groups excluding carboxylic acids is 1. The summed E-state index contributed by atoms with van der Waals surface area (Å²) in [6.45, 7) is 5.63. The van der Waals surface area contributed by atoms with Crippen molar-refractivity contribution in [3.63, 3.8) is 0 Å². The van der Waals surface area contributed by atoms with E-state index in [0.29, 0.717) is 23.7 Å². The Balaban J connectivity index is 2.48. The number of nitriles is 1. The van der Waals surface area contributed by atoms with Gasteiger partial charge in [-0.05, 0) is 39.1 Å². The maximum Gasteiger partial charge on any atom is 0.251 e. The highest BCUT2D eigenvalue weighted by Gasteiger charge is 2.07. The molecule has 0 saturated carbocycles. The fraction of sp³-hybridized carbons (Fsp3) is 0.429. The average Bonchev–Trinajstić information content (AvgIpc) is 2.38. The summed E-state index contributed by atoms with van der Waals surface area (Å²) >= 11 is 0. The van der Waals surface area contributed by atoms with Crippen LogP contribution in [0.3, 0.4) is 0 Å². The Morgan fingerprint density at radius 1 is 1.50 bits per heavy atom. The van der Waals surface area contributed by atoms with Crippen molar-refractivity contribution in [3.8, 4) is 6.07 Å². The molecule has 1 aromatic carbocycles. The van der Waals surface area contributed by atoms with E-state index in [9.17, 15) is 4.79 Å². The van der Waals surface area contributed by atoms with E-state index in [0.717, 1.165) is 6.54 Å². The van der Waals surface area contributed by atoms with Gasteiger partial charge in [0.2, 0.25) is 0 Å². The van der Waals surface area contributed by atoms with Crippen molar-refractivity contribution in [2.24, 2.45) is 0 Å². The highest BCUT2D eigenvalue weighted by Crippen LogP contribution is 2.03. The number of rotatable bonds is 5. The Morgan fingerprint density at radius 2 is 2.22 bits per heavy atom. The molecule has 4 nitrogen and oxygen atoms in total. The monoisotopic (exact) mass is 245 g/mol. The van der Waals surface area contributed by atoms with Crippen molar-refractivity contribution >= 4 is 5.91 Å². The number of hydrogen-bond acceptors (Lipinski definition) is 3. The number of carbonyl (C=O) groups is 1. The van der Waals surface area contributed by atoms with Gasteiger partial charge in [-0.3, -0.25) is 4.79 Å². The van der Waals surface area contributed by atoms with Crippen LogP contribution in [0, 0.1) is 11.3 Å². The molecule has 0 aromatic heterocycles. The molecule has 0 aliphatic heterocycles. The zero-order valence-corrected chi connectivity index (χ0v) is 11.1. The summed E-state index contributed by atoms with van der Waals surface area (Å²) in [5.74, 6) is -0.135. The van der Waals surface area contributed by atoms with Gasteiger partial charge in [0.25, 0.3) is 5.91 Å². The van der Waals surface area contributed by atoms with Gasteiger partial charge in [0.15, 0.2) is 0 Å². The van der Waals surface area contributed by atoms with E-state index in [1.807, 2.05) is 13.1 Å². The van der Waals surface area contributed by atoms with Crippen LogP contribution in [0.25, 0.3) is 0 Å². The summed E-state index contributed by atoms with van der Waals surface area (Å²) in [6.07, 6.45) is 0. The van der Waals surface area contributed by atoms with Crippen molar-refractivity contribution in [2.75, 3.05) is 20.1 Å². The predicted molar refractivity (Wildman–Crippen MR) is 71.3 cm³/mol. The third kappa shape index (κ3) is 4.19. The fourth-order valence-electron chi connectivity index (χ4n) is 1.44. The molecule has 18 heavy (non-hydrogen) atoms. The van der Waals surface area contributed by atoms with Crippen LogP contribution >= 0.6 is 0 Å². The van der Waals surface area contributed by atoms with Crippen molar-refractivity contribution in [1.29, 1.82) is 5.26 Å². The number of likely N-dealkylation sites (N-methyl/N-ethyl adjacent to an activating group) is 1. The molecule has 0 spiro atoms. The molecule has 0 radical (unpaired) electrons. The zero-order valence-electron chi connectivity index (χ0n) is 11.1. The van der Waals surface area contributed by atoms with Crippen molar-refractivity contribution in [1.82, 2.24) is 10.2 Å². The van der Waals surface area contributed by atoms with Gasteiger partial charge in [0, 0.05) is 24.7 Å².